The number of piperidine rings is 1. The highest BCUT2D eigenvalue weighted by Gasteiger charge is 2.44. The van der Waals surface area contributed by atoms with Gasteiger partial charge in [-0.1, -0.05) is 49.2 Å². The molecule has 0 unspecified atom stereocenters. The monoisotopic (exact) mass is 431 g/mol. The predicted octanol–water partition coefficient (Wildman–Crippen LogP) is 4.39. The highest BCUT2D eigenvalue weighted by atomic mass is 16.2. The Morgan fingerprint density at radius 2 is 1.97 bits per heavy atom. The molecule has 1 aliphatic carbocycles. The van der Waals surface area contributed by atoms with Crippen molar-refractivity contribution >= 4 is 11.8 Å². The Labute approximate surface area is 190 Å². The molecule has 2 fully saturated rings. The molecular formula is C27H33N3O2. The minimum absolute atomic E-state index is 0.0160. The number of likely N-dealkylation sites (tertiary alicyclic amines) is 1. The van der Waals surface area contributed by atoms with Gasteiger partial charge in [-0.05, 0) is 49.3 Å². The molecule has 2 amide bonds. The van der Waals surface area contributed by atoms with Gasteiger partial charge in [0.25, 0.3) is 0 Å². The van der Waals surface area contributed by atoms with Crippen LogP contribution in [0.5, 0.6) is 0 Å². The third kappa shape index (κ3) is 4.77. The molecule has 1 atom stereocenters. The number of carbonyl (C=O) groups excluding carboxylic acids is 2. The van der Waals surface area contributed by atoms with E-state index in [0.29, 0.717) is 19.5 Å². The molecule has 1 saturated carbocycles. The van der Waals surface area contributed by atoms with Gasteiger partial charge in [-0.25, -0.2) is 0 Å². The zero-order valence-electron chi connectivity index (χ0n) is 18.8. The summed E-state index contributed by atoms with van der Waals surface area (Å²) in [5, 5.41) is 3.04. The second kappa shape index (κ2) is 10.1. The van der Waals surface area contributed by atoms with Crippen molar-refractivity contribution in [2.24, 2.45) is 11.3 Å². The van der Waals surface area contributed by atoms with Gasteiger partial charge in [0.1, 0.15) is 0 Å². The van der Waals surface area contributed by atoms with Crippen LogP contribution in [0.4, 0.5) is 0 Å². The second-order valence-corrected chi connectivity index (χ2v) is 9.20. The van der Waals surface area contributed by atoms with Crippen LogP contribution in [0.25, 0.3) is 11.1 Å². The lowest BCUT2D eigenvalue weighted by molar-refractivity contribution is -0.144. The van der Waals surface area contributed by atoms with Crippen molar-refractivity contribution in [3.63, 3.8) is 0 Å². The van der Waals surface area contributed by atoms with Crippen LogP contribution in [0.15, 0.2) is 61.4 Å². The van der Waals surface area contributed by atoms with E-state index in [1.165, 1.54) is 0 Å². The summed E-state index contributed by atoms with van der Waals surface area (Å²) in [6.07, 6.45) is 11.8. The Hall–Kier alpha value is -2.95. The van der Waals surface area contributed by atoms with E-state index in [0.717, 1.165) is 61.8 Å². The highest BCUT2D eigenvalue weighted by molar-refractivity contribution is 5.86. The van der Waals surface area contributed by atoms with Gasteiger partial charge in [0, 0.05) is 43.5 Å². The number of hydrogen-bond donors (Lipinski definition) is 1. The maximum absolute atomic E-state index is 13.5. The molecule has 5 heteroatoms. The summed E-state index contributed by atoms with van der Waals surface area (Å²) in [5.74, 6) is 0.385. The summed E-state index contributed by atoms with van der Waals surface area (Å²) in [4.78, 5) is 33.0. The van der Waals surface area contributed by atoms with Crippen LogP contribution >= 0.6 is 0 Å². The molecule has 1 aromatic carbocycles. The molecule has 32 heavy (non-hydrogen) atoms. The summed E-state index contributed by atoms with van der Waals surface area (Å²) in [6.45, 7) is 5.40. The molecule has 0 bridgehead atoms. The summed E-state index contributed by atoms with van der Waals surface area (Å²) in [7, 11) is 0. The van der Waals surface area contributed by atoms with Gasteiger partial charge in [0.15, 0.2) is 0 Å². The fourth-order valence-electron chi connectivity index (χ4n) is 5.36. The third-order valence-electron chi connectivity index (χ3n) is 7.00. The molecule has 2 heterocycles. The standard InChI is InChI=1S/C27H33N3O2/c1-2-15-29-26(32)27(14-8-17-30(20-27)25(31)21-9-3-4-10-21)18-22-11-5-6-13-24(22)23-12-7-16-28-19-23/h2,5-7,11-13,16,19,21H,1,3-4,8-10,14-15,17-18,20H2,(H,29,32)/t27-/m1/s1. The normalized spacial score (nSPS) is 21.3. The molecular weight excluding hydrogens is 398 g/mol. The maximum atomic E-state index is 13.5. The quantitative estimate of drug-likeness (QED) is 0.661. The van der Waals surface area contributed by atoms with Crippen LogP contribution in [0, 0.1) is 11.3 Å². The number of nitrogens with one attached hydrogen (secondary N) is 1. The van der Waals surface area contributed by atoms with Gasteiger partial charge in [0.2, 0.25) is 11.8 Å². The van der Waals surface area contributed by atoms with Gasteiger partial charge in [-0.15, -0.1) is 6.58 Å². The van der Waals surface area contributed by atoms with E-state index in [1.807, 2.05) is 35.4 Å². The van der Waals surface area contributed by atoms with E-state index < -0.39 is 5.41 Å². The van der Waals surface area contributed by atoms with E-state index in [-0.39, 0.29) is 17.7 Å². The van der Waals surface area contributed by atoms with Crippen molar-refractivity contribution in [3.05, 3.63) is 67.0 Å². The number of amides is 2. The first-order chi connectivity index (χ1) is 15.6. The second-order valence-electron chi connectivity index (χ2n) is 9.20. The summed E-state index contributed by atoms with van der Waals surface area (Å²) < 4.78 is 0. The lowest BCUT2D eigenvalue weighted by atomic mass is 9.73. The van der Waals surface area contributed by atoms with Crippen molar-refractivity contribution in [2.45, 2.75) is 44.9 Å². The molecule has 2 aliphatic rings. The lowest BCUT2D eigenvalue weighted by Crippen LogP contribution is -2.55. The molecule has 1 aromatic heterocycles. The summed E-state index contributed by atoms with van der Waals surface area (Å²) in [6, 6.07) is 12.2. The van der Waals surface area contributed by atoms with E-state index >= 15 is 0 Å². The smallest absolute Gasteiger partial charge is 0.228 e. The molecule has 2 aromatic rings. The van der Waals surface area contributed by atoms with Crippen LogP contribution in [-0.2, 0) is 16.0 Å². The fraction of sp³-hybridized carbons (Fsp3) is 0.444. The van der Waals surface area contributed by atoms with Gasteiger partial charge < -0.3 is 10.2 Å². The zero-order chi connectivity index (χ0) is 22.4. The number of rotatable bonds is 7. The Bertz CT molecular complexity index is 952. The molecule has 0 radical (unpaired) electrons. The summed E-state index contributed by atoms with van der Waals surface area (Å²) in [5.41, 5.74) is 2.60. The van der Waals surface area contributed by atoms with Crippen LogP contribution in [0.1, 0.15) is 44.1 Å². The van der Waals surface area contributed by atoms with Crippen LogP contribution < -0.4 is 5.32 Å². The maximum Gasteiger partial charge on any atom is 0.228 e. The van der Waals surface area contributed by atoms with Crippen LogP contribution in [0.2, 0.25) is 0 Å². The average Bonchev–Trinajstić information content (AvgIpc) is 3.38. The first kappa shape index (κ1) is 22.3. The fourth-order valence-corrected chi connectivity index (χ4v) is 5.36. The molecule has 1 N–H and O–H groups in total. The van der Waals surface area contributed by atoms with E-state index in [4.69, 9.17) is 0 Å². The first-order valence-corrected chi connectivity index (χ1v) is 11.8. The molecule has 4 rings (SSSR count). The van der Waals surface area contributed by atoms with Crippen molar-refractivity contribution in [1.82, 2.24) is 15.2 Å². The van der Waals surface area contributed by atoms with Gasteiger partial charge >= 0.3 is 0 Å². The highest BCUT2D eigenvalue weighted by Crippen LogP contribution is 2.38. The van der Waals surface area contributed by atoms with E-state index in [9.17, 15) is 9.59 Å². The minimum Gasteiger partial charge on any atom is -0.352 e. The van der Waals surface area contributed by atoms with E-state index in [1.54, 1.807) is 12.3 Å². The number of aromatic nitrogens is 1. The molecule has 0 spiro atoms. The number of carbonyl (C=O) groups is 2. The van der Waals surface area contributed by atoms with Crippen molar-refractivity contribution in [2.75, 3.05) is 19.6 Å². The van der Waals surface area contributed by atoms with Crippen molar-refractivity contribution in [3.8, 4) is 11.1 Å². The van der Waals surface area contributed by atoms with Crippen molar-refractivity contribution in [1.29, 1.82) is 0 Å². The predicted molar refractivity (Wildman–Crippen MR) is 127 cm³/mol. The zero-order valence-corrected chi connectivity index (χ0v) is 18.8. The molecule has 5 nitrogen and oxygen atoms in total. The first-order valence-electron chi connectivity index (χ1n) is 11.8. The number of nitrogens with zero attached hydrogens (tertiary/aromatic N) is 2. The van der Waals surface area contributed by atoms with Crippen LogP contribution in [0.3, 0.4) is 0 Å². The van der Waals surface area contributed by atoms with E-state index in [2.05, 4.69) is 29.0 Å². The SMILES string of the molecule is C=CCNC(=O)[C@@]1(Cc2ccccc2-c2cccnc2)CCCN(C(=O)C2CCCC2)C1. The largest absolute Gasteiger partial charge is 0.352 e. The van der Waals surface area contributed by atoms with Crippen molar-refractivity contribution < 1.29 is 9.59 Å². The Kier molecular flexibility index (Phi) is 7.03. The van der Waals surface area contributed by atoms with Crippen LogP contribution in [-0.4, -0.2) is 41.3 Å². The minimum atomic E-state index is -0.645. The molecule has 168 valence electrons. The molecule has 1 saturated heterocycles. The molecule has 1 aliphatic heterocycles. The topological polar surface area (TPSA) is 62.3 Å². The van der Waals surface area contributed by atoms with Gasteiger partial charge in [-0.3, -0.25) is 14.6 Å². The number of pyridine rings is 1. The summed E-state index contributed by atoms with van der Waals surface area (Å²) >= 11 is 0. The Morgan fingerprint density at radius 1 is 1.16 bits per heavy atom. The Morgan fingerprint density at radius 3 is 2.72 bits per heavy atom. The number of hydrogen-bond acceptors (Lipinski definition) is 3. The van der Waals surface area contributed by atoms with Gasteiger partial charge in [-0.2, -0.15) is 0 Å². The number of benzene rings is 1. The lowest BCUT2D eigenvalue weighted by Gasteiger charge is -2.43. The van der Waals surface area contributed by atoms with Gasteiger partial charge in [0.05, 0.1) is 5.41 Å². The third-order valence-corrected chi connectivity index (χ3v) is 7.00. The average molecular weight is 432 g/mol. The Balaban J connectivity index is 1.65.